The fourth-order valence-corrected chi connectivity index (χ4v) is 5.97. The number of anilines is 2. The quantitative estimate of drug-likeness (QED) is 0.337. The molecule has 40 heavy (non-hydrogen) atoms. The van der Waals surface area contributed by atoms with E-state index in [1.807, 2.05) is 74.7 Å². The molecule has 0 spiro atoms. The lowest BCUT2D eigenvalue weighted by molar-refractivity contribution is -0.127. The van der Waals surface area contributed by atoms with Crippen molar-refractivity contribution in [3.05, 3.63) is 77.3 Å². The molecule has 2 N–H and O–H groups in total. The number of hydrogen-bond donors (Lipinski definition) is 2. The normalized spacial score (nSPS) is 16.9. The summed E-state index contributed by atoms with van der Waals surface area (Å²) in [5, 5.41) is 6.39. The number of aromatic nitrogens is 3. The molecule has 1 aromatic carbocycles. The summed E-state index contributed by atoms with van der Waals surface area (Å²) in [6, 6.07) is 13.6. The summed E-state index contributed by atoms with van der Waals surface area (Å²) in [6.45, 7) is 1.77. The summed E-state index contributed by atoms with van der Waals surface area (Å²) in [7, 11) is 5.82. The first-order valence-corrected chi connectivity index (χ1v) is 13.3. The standard InChI is InChI=1S/C30H29N7O3/c1-35(2)16-22-17(19-10-12-36(3)30(19)39)5-8-26(34-22)33-21-6-4-18(20-14-32-29(38)28(20)21)24-15-31-27-9-7-25-23(37(24)27)11-13-40-25/h4-9,11,13,15,19H,10,12,14,16H2,1-3H3,(H,32,38)(H,33,34)/t19-/m0/s1. The number of furan rings is 1. The molecule has 2 amide bonds. The van der Waals surface area contributed by atoms with Crippen LogP contribution in [-0.2, 0) is 17.9 Å². The molecule has 0 unspecified atom stereocenters. The molecule has 10 nitrogen and oxygen atoms in total. The number of nitrogens with zero attached hydrogens (tertiary/aromatic N) is 5. The zero-order valence-electron chi connectivity index (χ0n) is 22.6. The van der Waals surface area contributed by atoms with Gasteiger partial charge in [-0.25, -0.2) is 9.97 Å². The molecule has 0 radical (unpaired) electrons. The zero-order chi connectivity index (χ0) is 27.5. The molecule has 1 atom stereocenters. The Hall–Kier alpha value is -4.70. The lowest BCUT2D eigenvalue weighted by Crippen LogP contribution is -2.23. The Bertz CT molecular complexity index is 1820. The van der Waals surface area contributed by atoms with E-state index in [2.05, 4.69) is 20.0 Å². The molecule has 2 aliphatic heterocycles. The van der Waals surface area contributed by atoms with Gasteiger partial charge in [-0.05, 0) is 55.9 Å². The van der Waals surface area contributed by atoms with E-state index < -0.39 is 0 Å². The van der Waals surface area contributed by atoms with E-state index in [1.165, 1.54) is 0 Å². The molecule has 0 saturated carbocycles. The number of nitrogens with one attached hydrogen (secondary N) is 2. The number of fused-ring (bicyclic) bond motifs is 4. The third-order valence-electron chi connectivity index (χ3n) is 7.87. The molecule has 0 aliphatic carbocycles. The molecular formula is C30H29N7O3. The highest BCUT2D eigenvalue weighted by Gasteiger charge is 2.33. The second-order valence-corrected chi connectivity index (χ2v) is 10.7. The van der Waals surface area contributed by atoms with Crippen molar-refractivity contribution in [1.82, 2.24) is 29.5 Å². The summed E-state index contributed by atoms with van der Waals surface area (Å²) in [6.07, 6.45) is 4.29. The number of rotatable bonds is 6. The first-order valence-electron chi connectivity index (χ1n) is 13.3. The number of likely N-dealkylation sites (N-methyl/N-ethyl adjacent to an activating group) is 1. The van der Waals surface area contributed by atoms with Gasteiger partial charge in [0.2, 0.25) is 5.91 Å². The SMILES string of the molecule is CN(C)Cc1nc(Nc2ccc(-c3cnc4ccc5occc5n34)c3c2C(=O)NC3)ccc1[C@@H]1CCN(C)C1=O. The first kappa shape index (κ1) is 24.3. The molecule has 5 aromatic rings. The van der Waals surface area contributed by atoms with Gasteiger partial charge in [-0.3, -0.25) is 14.0 Å². The number of likely N-dealkylation sites (tertiary alicyclic amines) is 1. The largest absolute Gasteiger partial charge is 0.463 e. The molecular weight excluding hydrogens is 506 g/mol. The summed E-state index contributed by atoms with van der Waals surface area (Å²) in [4.78, 5) is 39.2. The van der Waals surface area contributed by atoms with Crippen LogP contribution >= 0.6 is 0 Å². The number of imidazole rings is 1. The molecule has 4 aromatic heterocycles. The Morgan fingerprint density at radius 1 is 1.12 bits per heavy atom. The van der Waals surface area contributed by atoms with Crippen molar-refractivity contribution in [3.63, 3.8) is 0 Å². The van der Waals surface area contributed by atoms with Crippen LogP contribution < -0.4 is 10.6 Å². The van der Waals surface area contributed by atoms with Gasteiger partial charge in [-0.2, -0.15) is 0 Å². The van der Waals surface area contributed by atoms with E-state index >= 15 is 0 Å². The van der Waals surface area contributed by atoms with E-state index in [0.717, 1.165) is 57.8 Å². The minimum atomic E-state index is -0.178. The van der Waals surface area contributed by atoms with E-state index in [9.17, 15) is 9.59 Å². The third-order valence-corrected chi connectivity index (χ3v) is 7.87. The van der Waals surface area contributed by atoms with Gasteiger partial charge in [0.1, 0.15) is 11.5 Å². The van der Waals surface area contributed by atoms with Crippen LogP contribution in [0, 0.1) is 0 Å². The molecule has 0 bridgehead atoms. The predicted molar refractivity (Wildman–Crippen MR) is 151 cm³/mol. The number of carbonyl (C=O) groups excluding carboxylic acids is 2. The van der Waals surface area contributed by atoms with Crippen LogP contribution in [0.15, 0.2) is 59.3 Å². The monoisotopic (exact) mass is 535 g/mol. The molecule has 6 heterocycles. The van der Waals surface area contributed by atoms with Crippen LogP contribution in [-0.4, -0.2) is 63.7 Å². The maximum Gasteiger partial charge on any atom is 0.254 e. The van der Waals surface area contributed by atoms with Gasteiger partial charge in [0.15, 0.2) is 5.58 Å². The van der Waals surface area contributed by atoms with Crippen LogP contribution in [0.3, 0.4) is 0 Å². The average molecular weight is 536 g/mol. The van der Waals surface area contributed by atoms with Crippen LogP contribution in [0.25, 0.3) is 28.0 Å². The van der Waals surface area contributed by atoms with Gasteiger partial charge < -0.3 is 24.9 Å². The number of benzene rings is 1. The Labute approximate surface area is 230 Å². The summed E-state index contributed by atoms with van der Waals surface area (Å²) < 4.78 is 7.67. The van der Waals surface area contributed by atoms with Gasteiger partial charge >= 0.3 is 0 Å². The zero-order valence-corrected chi connectivity index (χ0v) is 22.6. The van der Waals surface area contributed by atoms with Crippen molar-refractivity contribution in [3.8, 4) is 11.3 Å². The molecule has 202 valence electrons. The summed E-state index contributed by atoms with van der Waals surface area (Å²) in [5.41, 5.74) is 8.32. The highest BCUT2D eigenvalue weighted by molar-refractivity contribution is 6.06. The lowest BCUT2D eigenvalue weighted by atomic mass is 9.95. The van der Waals surface area contributed by atoms with E-state index in [0.29, 0.717) is 30.2 Å². The van der Waals surface area contributed by atoms with Gasteiger partial charge in [-0.15, -0.1) is 0 Å². The summed E-state index contributed by atoms with van der Waals surface area (Å²) >= 11 is 0. The molecule has 7 rings (SSSR count). The number of pyridine rings is 2. The second kappa shape index (κ2) is 9.20. The van der Waals surface area contributed by atoms with Crippen molar-refractivity contribution in [2.24, 2.45) is 0 Å². The van der Waals surface area contributed by atoms with Gasteiger partial charge in [0.05, 0.1) is 46.5 Å². The van der Waals surface area contributed by atoms with Crippen molar-refractivity contribution in [2.45, 2.75) is 25.4 Å². The minimum Gasteiger partial charge on any atom is -0.463 e. The smallest absolute Gasteiger partial charge is 0.254 e. The Morgan fingerprint density at radius 3 is 2.80 bits per heavy atom. The number of carbonyl (C=O) groups is 2. The molecule has 1 saturated heterocycles. The Balaban J connectivity index is 1.29. The number of hydrogen-bond acceptors (Lipinski definition) is 7. The average Bonchev–Trinajstić information content (AvgIpc) is 3.72. The van der Waals surface area contributed by atoms with Crippen LogP contribution in [0.4, 0.5) is 11.5 Å². The van der Waals surface area contributed by atoms with Gasteiger partial charge in [0.25, 0.3) is 5.91 Å². The molecule has 1 fully saturated rings. The highest BCUT2D eigenvalue weighted by atomic mass is 16.3. The summed E-state index contributed by atoms with van der Waals surface area (Å²) in [5.74, 6) is 0.450. The van der Waals surface area contributed by atoms with Gasteiger partial charge in [-0.1, -0.05) is 12.1 Å². The van der Waals surface area contributed by atoms with Crippen molar-refractivity contribution < 1.29 is 14.0 Å². The Kier molecular flexibility index (Phi) is 5.60. The van der Waals surface area contributed by atoms with Gasteiger partial charge in [0, 0.05) is 38.3 Å². The first-order chi connectivity index (χ1) is 19.4. The highest BCUT2D eigenvalue weighted by Crippen LogP contribution is 2.37. The maximum atomic E-state index is 13.1. The van der Waals surface area contributed by atoms with Crippen molar-refractivity contribution >= 4 is 40.1 Å². The number of amides is 2. The predicted octanol–water partition coefficient (Wildman–Crippen LogP) is 4.14. The second-order valence-electron chi connectivity index (χ2n) is 10.7. The maximum absolute atomic E-state index is 13.1. The van der Waals surface area contributed by atoms with Crippen molar-refractivity contribution in [1.29, 1.82) is 0 Å². The van der Waals surface area contributed by atoms with E-state index in [-0.39, 0.29) is 17.7 Å². The lowest BCUT2D eigenvalue weighted by Gasteiger charge is -2.19. The van der Waals surface area contributed by atoms with E-state index in [4.69, 9.17) is 9.40 Å². The topological polar surface area (TPSA) is 108 Å². The minimum absolute atomic E-state index is 0.132. The van der Waals surface area contributed by atoms with E-state index in [1.54, 1.807) is 11.2 Å². The Morgan fingerprint density at radius 2 is 2.00 bits per heavy atom. The molecule has 10 heteroatoms. The fraction of sp³-hybridized carbons (Fsp3) is 0.267. The van der Waals surface area contributed by atoms with Crippen LogP contribution in [0.2, 0.25) is 0 Å². The van der Waals surface area contributed by atoms with Crippen LogP contribution in [0.5, 0.6) is 0 Å². The van der Waals surface area contributed by atoms with Crippen molar-refractivity contribution in [2.75, 3.05) is 33.0 Å². The third kappa shape index (κ3) is 3.83. The fourth-order valence-electron chi connectivity index (χ4n) is 5.97. The van der Waals surface area contributed by atoms with Crippen LogP contribution in [0.1, 0.15) is 39.5 Å². The molecule has 2 aliphatic rings.